The van der Waals surface area contributed by atoms with Crippen LogP contribution in [0.4, 0.5) is 0 Å². The maximum Gasteiger partial charge on any atom is 0.255 e. The molecular weight excluding hydrogens is 194 g/mol. The summed E-state index contributed by atoms with van der Waals surface area (Å²) in [6.07, 6.45) is 3.68. The van der Waals surface area contributed by atoms with Gasteiger partial charge in [-0.1, -0.05) is 0 Å². The van der Waals surface area contributed by atoms with Crippen molar-refractivity contribution in [1.82, 2.24) is 15.6 Å². The monoisotopic (exact) mass is 207 g/mol. The Hall–Kier alpha value is -1.62. The third-order valence-corrected chi connectivity index (χ3v) is 2.44. The molecule has 3 N–H and O–H groups in total. The summed E-state index contributed by atoms with van der Waals surface area (Å²) in [5, 5.41) is 15.4. The molecule has 1 aromatic heterocycles. The van der Waals surface area contributed by atoms with Crippen LogP contribution in [0.1, 0.15) is 16.8 Å². The van der Waals surface area contributed by atoms with Crippen LogP contribution in [-0.2, 0) is 0 Å². The van der Waals surface area contributed by atoms with Gasteiger partial charge < -0.3 is 15.7 Å². The minimum absolute atomic E-state index is 0.0824. The Labute approximate surface area is 87.5 Å². The van der Waals surface area contributed by atoms with Crippen LogP contribution in [0.5, 0.6) is 5.75 Å². The first-order valence-electron chi connectivity index (χ1n) is 4.92. The van der Waals surface area contributed by atoms with Crippen molar-refractivity contribution < 1.29 is 9.90 Å². The lowest BCUT2D eigenvalue weighted by molar-refractivity contribution is 0.0937. The van der Waals surface area contributed by atoms with E-state index in [0.717, 1.165) is 19.5 Å². The molecule has 0 aromatic carbocycles. The first-order valence-corrected chi connectivity index (χ1v) is 4.92. The molecule has 0 spiro atoms. The molecule has 5 nitrogen and oxygen atoms in total. The number of aromatic nitrogens is 1. The third-order valence-electron chi connectivity index (χ3n) is 2.44. The quantitative estimate of drug-likeness (QED) is 0.632. The highest BCUT2D eigenvalue weighted by molar-refractivity contribution is 5.96. The lowest BCUT2D eigenvalue weighted by Crippen LogP contribution is -2.36. The van der Waals surface area contributed by atoms with E-state index in [9.17, 15) is 9.90 Å². The molecule has 80 valence electrons. The Morgan fingerprint density at radius 3 is 3.20 bits per heavy atom. The number of hydrogen-bond donors (Lipinski definition) is 3. The van der Waals surface area contributed by atoms with E-state index in [4.69, 9.17) is 0 Å². The molecule has 1 aliphatic heterocycles. The van der Waals surface area contributed by atoms with Crippen LogP contribution >= 0.6 is 0 Å². The average Bonchev–Trinajstić information content (AvgIpc) is 2.71. The molecule has 1 fully saturated rings. The summed E-state index contributed by atoms with van der Waals surface area (Å²) in [5.74, 6) is -0.329. The lowest BCUT2D eigenvalue weighted by atomic mass is 10.2. The molecule has 2 heterocycles. The first-order chi connectivity index (χ1) is 7.27. The average molecular weight is 207 g/mol. The van der Waals surface area contributed by atoms with Crippen LogP contribution in [-0.4, -0.2) is 35.1 Å². The summed E-state index contributed by atoms with van der Waals surface area (Å²) in [4.78, 5) is 15.4. The van der Waals surface area contributed by atoms with Gasteiger partial charge >= 0.3 is 0 Å². The highest BCUT2D eigenvalue weighted by Gasteiger charge is 2.18. The minimum Gasteiger partial charge on any atom is -0.505 e. The molecule has 1 aromatic rings. The maximum absolute atomic E-state index is 11.7. The number of carbonyl (C=O) groups is 1. The molecule has 0 bridgehead atoms. The molecule has 1 amide bonds. The summed E-state index contributed by atoms with van der Waals surface area (Å²) in [6, 6.07) is 1.66. The van der Waals surface area contributed by atoms with Gasteiger partial charge in [0.25, 0.3) is 5.91 Å². The van der Waals surface area contributed by atoms with Gasteiger partial charge in [0.2, 0.25) is 0 Å². The Kier molecular flexibility index (Phi) is 2.82. The number of nitrogens with zero attached hydrogens (tertiary/aromatic N) is 1. The van der Waals surface area contributed by atoms with Gasteiger partial charge in [-0.25, -0.2) is 0 Å². The summed E-state index contributed by atoms with van der Waals surface area (Å²) < 4.78 is 0. The molecule has 1 atom stereocenters. The van der Waals surface area contributed by atoms with E-state index in [1.807, 2.05) is 0 Å². The fourth-order valence-corrected chi connectivity index (χ4v) is 1.62. The second-order valence-corrected chi connectivity index (χ2v) is 3.56. The van der Waals surface area contributed by atoms with Crippen LogP contribution in [0.3, 0.4) is 0 Å². The van der Waals surface area contributed by atoms with Gasteiger partial charge in [0, 0.05) is 18.8 Å². The van der Waals surface area contributed by atoms with Crippen molar-refractivity contribution in [2.45, 2.75) is 12.5 Å². The fourth-order valence-electron chi connectivity index (χ4n) is 1.62. The Balaban J connectivity index is 2.04. The van der Waals surface area contributed by atoms with Gasteiger partial charge in [-0.3, -0.25) is 9.78 Å². The number of aromatic hydroxyl groups is 1. The van der Waals surface area contributed by atoms with Gasteiger partial charge in [0.05, 0.1) is 11.8 Å². The van der Waals surface area contributed by atoms with E-state index in [1.54, 1.807) is 0 Å². The summed E-state index contributed by atoms with van der Waals surface area (Å²) in [6.45, 7) is 1.71. The topological polar surface area (TPSA) is 74.2 Å². The van der Waals surface area contributed by atoms with E-state index >= 15 is 0 Å². The summed E-state index contributed by atoms with van der Waals surface area (Å²) in [5.41, 5.74) is 0.275. The summed E-state index contributed by atoms with van der Waals surface area (Å²) in [7, 11) is 0. The fraction of sp³-hybridized carbons (Fsp3) is 0.400. The standard InChI is InChI=1S/C10H13N3O2/c14-9-6-12-4-2-8(9)10(15)13-7-1-3-11-5-7/h2,4,6-7,11,14H,1,3,5H2,(H,13,15)/t7-/m0/s1. The second-order valence-electron chi connectivity index (χ2n) is 3.56. The van der Waals surface area contributed by atoms with E-state index < -0.39 is 0 Å². The minimum atomic E-state index is -0.247. The van der Waals surface area contributed by atoms with Crippen molar-refractivity contribution in [3.63, 3.8) is 0 Å². The molecule has 2 rings (SSSR count). The zero-order valence-electron chi connectivity index (χ0n) is 8.23. The largest absolute Gasteiger partial charge is 0.505 e. The highest BCUT2D eigenvalue weighted by Crippen LogP contribution is 2.14. The van der Waals surface area contributed by atoms with E-state index in [1.165, 1.54) is 18.5 Å². The summed E-state index contributed by atoms with van der Waals surface area (Å²) >= 11 is 0. The van der Waals surface area contributed by atoms with Crippen molar-refractivity contribution >= 4 is 5.91 Å². The molecular formula is C10H13N3O2. The predicted octanol–water partition coefficient (Wildman–Crippen LogP) is -0.121. The zero-order chi connectivity index (χ0) is 10.7. The Morgan fingerprint density at radius 1 is 1.67 bits per heavy atom. The smallest absolute Gasteiger partial charge is 0.255 e. The number of rotatable bonds is 2. The van der Waals surface area contributed by atoms with Gasteiger partial charge in [-0.05, 0) is 19.0 Å². The molecule has 1 saturated heterocycles. The zero-order valence-corrected chi connectivity index (χ0v) is 8.23. The molecule has 0 aliphatic carbocycles. The van der Waals surface area contributed by atoms with E-state index in [2.05, 4.69) is 15.6 Å². The van der Waals surface area contributed by atoms with Crippen molar-refractivity contribution in [3.8, 4) is 5.75 Å². The van der Waals surface area contributed by atoms with Crippen LogP contribution in [0.25, 0.3) is 0 Å². The highest BCUT2D eigenvalue weighted by atomic mass is 16.3. The number of nitrogens with one attached hydrogen (secondary N) is 2. The molecule has 5 heteroatoms. The SMILES string of the molecule is O=C(N[C@H]1CCNC1)c1ccncc1O. The molecule has 1 aliphatic rings. The lowest BCUT2D eigenvalue weighted by Gasteiger charge is -2.11. The van der Waals surface area contributed by atoms with Gasteiger partial charge in [-0.2, -0.15) is 0 Å². The van der Waals surface area contributed by atoms with Crippen molar-refractivity contribution in [2.24, 2.45) is 0 Å². The van der Waals surface area contributed by atoms with Crippen LogP contribution in [0.2, 0.25) is 0 Å². The van der Waals surface area contributed by atoms with Crippen LogP contribution < -0.4 is 10.6 Å². The third kappa shape index (κ3) is 2.24. The van der Waals surface area contributed by atoms with E-state index in [-0.39, 0.29) is 23.3 Å². The first kappa shape index (κ1) is 9.92. The van der Waals surface area contributed by atoms with Gasteiger partial charge in [-0.15, -0.1) is 0 Å². The predicted molar refractivity (Wildman–Crippen MR) is 54.6 cm³/mol. The molecule has 15 heavy (non-hydrogen) atoms. The van der Waals surface area contributed by atoms with Crippen molar-refractivity contribution in [2.75, 3.05) is 13.1 Å². The van der Waals surface area contributed by atoms with Gasteiger partial charge in [0.15, 0.2) is 0 Å². The number of amides is 1. The maximum atomic E-state index is 11.7. The number of pyridine rings is 1. The number of carbonyl (C=O) groups excluding carboxylic acids is 1. The molecule has 0 unspecified atom stereocenters. The molecule has 0 saturated carbocycles. The van der Waals surface area contributed by atoms with Crippen molar-refractivity contribution in [1.29, 1.82) is 0 Å². The number of hydrogen-bond acceptors (Lipinski definition) is 4. The van der Waals surface area contributed by atoms with Gasteiger partial charge in [0.1, 0.15) is 5.75 Å². The Bertz CT molecular complexity index is 361. The van der Waals surface area contributed by atoms with Crippen molar-refractivity contribution in [3.05, 3.63) is 24.0 Å². The normalized spacial score (nSPS) is 20.1. The second kappa shape index (κ2) is 4.27. The van der Waals surface area contributed by atoms with E-state index in [0.29, 0.717) is 0 Å². The van der Waals surface area contributed by atoms with Crippen LogP contribution in [0, 0.1) is 0 Å². The van der Waals surface area contributed by atoms with Crippen LogP contribution in [0.15, 0.2) is 18.5 Å². The Morgan fingerprint density at radius 2 is 2.53 bits per heavy atom. The molecule has 0 radical (unpaired) electrons.